The second-order valence-electron chi connectivity index (χ2n) is 4.43. The standard InChI is InChI=1S/C11H12BrN5O2/c12-7-6-13-9-10(14-7)17(11(19)15-9)5-4-16-3-1-2-8(16)18/h6H,1-5H2,(H,13,15,19). The minimum absolute atomic E-state index is 0.153. The number of aromatic amines is 1. The number of halogens is 1. The van der Waals surface area contributed by atoms with Gasteiger partial charge in [-0.15, -0.1) is 0 Å². The molecule has 1 aliphatic heterocycles. The van der Waals surface area contributed by atoms with Gasteiger partial charge in [-0.3, -0.25) is 14.3 Å². The van der Waals surface area contributed by atoms with E-state index >= 15 is 0 Å². The van der Waals surface area contributed by atoms with Crippen LogP contribution in [0.4, 0.5) is 0 Å². The average molecular weight is 326 g/mol. The highest BCUT2D eigenvalue weighted by molar-refractivity contribution is 9.10. The van der Waals surface area contributed by atoms with Crippen molar-refractivity contribution in [3.05, 3.63) is 21.3 Å². The molecule has 100 valence electrons. The van der Waals surface area contributed by atoms with Crippen molar-refractivity contribution in [1.29, 1.82) is 0 Å². The van der Waals surface area contributed by atoms with Crippen LogP contribution in [0.2, 0.25) is 0 Å². The monoisotopic (exact) mass is 325 g/mol. The fourth-order valence-corrected chi connectivity index (χ4v) is 2.54. The number of hydrogen-bond acceptors (Lipinski definition) is 4. The molecule has 0 atom stereocenters. The van der Waals surface area contributed by atoms with Gasteiger partial charge in [0, 0.05) is 26.1 Å². The molecule has 1 saturated heterocycles. The van der Waals surface area contributed by atoms with Crippen LogP contribution in [0.3, 0.4) is 0 Å². The molecule has 1 aliphatic rings. The van der Waals surface area contributed by atoms with E-state index in [0.29, 0.717) is 35.4 Å². The fraction of sp³-hybridized carbons (Fsp3) is 0.455. The van der Waals surface area contributed by atoms with Crippen molar-refractivity contribution in [2.24, 2.45) is 0 Å². The van der Waals surface area contributed by atoms with Crippen LogP contribution in [0.25, 0.3) is 11.3 Å². The van der Waals surface area contributed by atoms with Crippen LogP contribution >= 0.6 is 15.9 Å². The summed E-state index contributed by atoms with van der Waals surface area (Å²) in [4.78, 5) is 36.1. The Balaban J connectivity index is 1.87. The molecule has 0 radical (unpaired) electrons. The largest absolute Gasteiger partial charge is 0.341 e. The number of aromatic nitrogens is 4. The summed E-state index contributed by atoms with van der Waals surface area (Å²) in [6.45, 7) is 1.72. The van der Waals surface area contributed by atoms with E-state index in [4.69, 9.17) is 0 Å². The molecule has 19 heavy (non-hydrogen) atoms. The summed E-state index contributed by atoms with van der Waals surface area (Å²) in [5, 5.41) is 0. The summed E-state index contributed by atoms with van der Waals surface area (Å²) < 4.78 is 2.09. The molecule has 1 fully saturated rings. The zero-order chi connectivity index (χ0) is 13.4. The number of nitrogens with zero attached hydrogens (tertiary/aromatic N) is 4. The van der Waals surface area contributed by atoms with E-state index in [0.717, 1.165) is 13.0 Å². The first-order chi connectivity index (χ1) is 9.15. The Labute approximate surface area is 116 Å². The first kappa shape index (κ1) is 12.3. The molecule has 3 heterocycles. The molecule has 0 aromatic carbocycles. The van der Waals surface area contributed by atoms with Crippen LogP contribution in [0, 0.1) is 0 Å². The molecule has 0 saturated carbocycles. The van der Waals surface area contributed by atoms with Crippen LogP contribution in [-0.4, -0.2) is 43.4 Å². The normalized spacial score (nSPS) is 15.6. The van der Waals surface area contributed by atoms with Crippen molar-refractivity contribution < 1.29 is 4.79 Å². The molecule has 1 amide bonds. The summed E-state index contributed by atoms with van der Waals surface area (Å²) in [7, 11) is 0. The molecular formula is C11H12BrN5O2. The maximum Gasteiger partial charge on any atom is 0.328 e. The Morgan fingerprint density at radius 3 is 2.95 bits per heavy atom. The zero-order valence-corrected chi connectivity index (χ0v) is 11.7. The van der Waals surface area contributed by atoms with Gasteiger partial charge in [-0.1, -0.05) is 0 Å². The summed E-state index contributed by atoms with van der Waals surface area (Å²) in [5.41, 5.74) is 0.715. The fourth-order valence-electron chi connectivity index (χ4n) is 2.27. The number of fused-ring (bicyclic) bond motifs is 1. The van der Waals surface area contributed by atoms with Gasteiger partial charge in [0.1, 0.15) is 4.60 Å². The number of hydrogen-bond donors (Lipinski definition) is 1. The number of amides is 1. The molecule has 0 aliphatic carbocycles. The Bertz CT molecular complexity index is 692. The van der Waals surface area contributed by atoms with Gasteiger partial charge in [0.2, 0.25) is 5.91 Å². The van der Waals surface area contributed by atoms with E-state index in [2.05, 4.69) is 30.9 Å². The molecule has 2 aromatic heterocycles. The number of carbonyl (C=O) groups excluding carboxylic acids is 1. The first-order valence-corrected chi connectivity index (χ1v) is 6.83. The highest BCUT2D eigenvalue weighted by Gasteiger charge is 2.20. The number of rotatable bonds is 3. The lowest BCUT2D eigenvalue weighted by atomic mass is 10.4. The van der Waals surface area contributed by atoms with Crippen LogP contribution in [0.15, 0.2) is 15.6 Å². The van der Waals surface area contributed by atoms with Gasteiger partial charge in [-0.25, -0.2) is 14.8 Å². The van der Waals surface area contributed by atoms with E-state index in [1.165, 1.54) is 10.8 Å². The highest BCUT2D eigenvalue weighted by Crippen LogP contribution is 2.12. The van der Waals surface area contributed by atoms with Crippen molar-refractivity contribution in [3.63, 3.8) is 0 Å². The summed E-state index contributed by atoms with van der Waals surface area (Å²) in [6, 6.07) is 0. The predicted octanol–water partition coefficient (Wildman–Crippen LogP) is 0.505. The Hall–Kier alpha value is -1.70. The predicted molar refractivity (Wildman–Crippen MR) is 71.7 cm³/mol. The van der Waals surface area contributed by atoms with E-state index in [-0.39, 0.29) is 11.6 Å². The summed E-state index contributed by atoms with van der Waals surface area (Å²) in [6.07, 6.45) is 3.04. The van der Waals surface area contributed by atoms with Gasteiger partial charge in [0.15, 0.2) is 11.3 Å². The van der Waals surface area contributed by atoms with Crippen molar-refractivity contribution >= 4 is 33.1 Å². The zero-order valence-electron chi connectivity index (χ0n) is 10.1. The number of carbonyl (C=O) groups is 1. The number of imidazole rings is 1. The lowest BCUT2D eigenvalue weighted by Gasteiger charge is -2.15. The molecule has 2 aromatic rings. The molecule has 1 N–H and O–H groups in total. The van der Waals surface area contributed by atoms with Crippen LogP contribution < -0.4 is 5.69 Å². The van der Waals surface area contributed by atoms with Crippen molar-refractivity contribution in [2.75, 3.05) is 13.1 Å². The summed E-state index contributed by atoms with van der Waals surface area (Å²) >= 11 is 3.24. The third-order valence-electron chi connectivity index (χ3n) is 3.22. The Morgan fingerprint density at radius 2 is 2.21 bits per heavy atom. The molecule has 0 spiro atoms. The topological polar surface area (TPSA) is 83.9 Å². The molecule has 8 heteroatoms. The van der Waals surface area contributed by atoms with Crippen LogP contribution in [-0.2, 0) is 11.3 Å². The minimum Gasteiger partial charge on any atom is -0.341 e. The average Bonchev–Trinajstić information content (AvgIpc) is 2.90. The van der Waals surface area contributed by atoms with Gasteiger partial charge in [-0.05, 0) is 22.4 Å². The summed E-state index contributed by atoms with van der Waals surface area (Å²) in [5.74, 6) is 0.153. The third kappa shape index (κ3) is 2.27. The van der Waals surface area contributed by atoms with Crippen LogP contribution in [0.5, 0.6) is 0 Å². The minimum atomic E-state index is -0.250. The van der Waals surface area contributed by atoms with Gasteiger partial charge >= 0.3 is 5.69 Å². The van der Waals surface area contributed by atoms with Gasteiger partial charge in [0.25, 0.3) is 0 Å². The molecule has 3 rings (SSSR count). The number of likely N-dealkylation sites (tertiary alicyclic amines) is 1. The van der Waals surface area contributed by atoms with E-state index in [1.54, 1.807) is 4.90 Å². The third-order valence-corrected chi connectivity index (χ3v) is 3.60. The highest BCUT2D eigenvalue weighted by atomic mass is 79.9. The second-order valence-corrected chi connectivity index (χ2v) is 5.24. The lowest BCUT2D eigenvalue weighted by molar-refractivity contribution is -0.127. The second kappa shape index (κ2) is 4.76. The van der Waals surface area contributed by atoms with Gasteiger partial charge in [-0.2, -0.15) is 0 Å². The van der Waals surface area contributed by atoms with Crippen LogP contribution in [0.1, 0.15) is 12.8 Å². The number of nitrogens with one attached hydrogen (secondary N) is 1. The molecule has 7 nitrogen and oxygen atoms in total. The van der Waals surface area contributed by atoms with E-state index in [1.807, 2.05) is 0 Å². The first-order valence-electron chi connectivity index (χ1n) is 6.04. The maximum atomic E-state index is 11.8. The van der Waals surface area contributed by atoms with E-state index < -0.39 is 0 Å². The molecule has 0 bridgehead atoms. The maximum absolute atomic E-state index is 11.8. The van der Waals surface area contributed by atoms with Gasteiger partial charge in [0.05, 0.1) is 6.20 Å². The quantitative estimate of drug-likeness (QED) is 0.890. The number of H-pyrrole nitrogens is 1. The van der Waals surface area contributed by atoms with Crippen molar-refractivity contribution in [3.8, 4) is 0 Å². The Morgan fingerprint density at radius 1 is 1.37 bits per heavy atom. The van der Waals surface area contributed by atoms with E-state index in [9.17, 15) is 9.59 Å². The molecule has 0 unspecified atom stereocenters. The lowest BCUT2D eigenvalue weighted by Crippen LogP contribution is -2.31. The molecular weight excluding hydrogens is 314 g/mol. The van der Waals surface area contributed by atoms with Crippen molar-refractivity contribution in [2.45, 2.75) is 19.4 Å². The smallest absolute Gasteiger partial charge is 0.328 e. The van der Waals surface area contributed by atoms with Crippen molar-refractivity contribution in [1.82, 2.24) is 24.4 Å². The van der Waals surface area contributed by atoms with Gasteiger partial charge < -0.3 is 4.90 Å². The SMILES string of the molecule is O=C1CCCN1CCn1c(=O)[nH]c2ncc(Br)nc21. The Kier molecular flexibility index (Phi) is 3.09.